The van der Waals surface area contributed by atoms with Gasteiger partial charge in [0, 0.05) is 18.9 Å². The minimum atomic E-state index is -0.313. The Bertz CT molecular complexity index is 426. The first-order valence-electron chi connectivity index (χ1n) is 5.14. The van der Waals surface area contributed by atoms with E-state index < -0.39 is 0 Å². The number of nitrogens with one attached hydrogen (secondary N) is 3. The van der Waals surface area contributed by atoms with Crippen molar-refractivity contribution in [2.45, 2.75) is 0 Å². The molecule has 0 spiro atoms. The number of hydrazine groups is 1. The van der Waals surface area contributed by atoms with Crippen LogP contribution in [0.5, 0.6) is 5.75 Å². The molecule has 0 bridgehead atoms. The Kier molecular flexibility index (Phi) is 5.89. The molecule has 0 aromatic heterocycles. The van der Waals surface area contributed by atoms with E-state index in [0.29, 0.717) is 5.75 Å². The molecule has 0 heterocycles. The van der Waals surface area contributed by atoms with Crippen molar-refractivity contribution >= 4 is 28.9 Å². The highest BCUT2D eigenvalue weighted by atomic mass is 32.1. The van der Waals surface area contributed by atoms with Gasteiger partial charge in [0.1, 0.15) is 12.4 Å². The fourth-order valence-electron chi connectivity index (χ4n) is 1.16. The van der Waals surface area contributed by atoms with Crippen molar-refractivity contribution in [1.29, 1.82) is 0 Å². The minimum absolute atomic E-state index is 0.0330. The molecule has 1 aromatic carbocycles. The number of amides is 1. The van der Waals surface area contributed by atoms with Crippen molar-refractivity contribution in [3.05, 3.63) is 24.3 Å². The second-order valence-electron chi connectivity index (χ2n) is 3.29. The van der Waals surface area contributed by atoms with Crippen molar-refractivity contribution in [3.8, 4) is 5.75 Å². The van der Waals surface area contributed by atoms with Crippen LogP contribution >= 0.6 is 12.2 Å². The van der Waals surface area contributed by atoms with Crippen LogP contribution in [0, 0.1) is 0 Å². The summed E-state index contributed by atoms with van der Waals surface area (Å²) in [6.07, 6.45) is 0. The van der Waals surface area contributed by atoms with Crippen LogP contribution in [0.25, 0.3) is 0 Å². The van der Waals surface area contributed by atoms with Gasteiger partial charge in [-0.15, -0.1) is 0 Å². The average Bonchev–Trinajstić information content (AvgIpc) is 2.37. The molecular formula is C11H15N3O3S. The average molecular weight is 269 g/mol. The first-order chi connectivity index (χ1) is 8.65. The number of carbonyl (C=O) groups excluding carboxylic acids is 1. The number of rotatable bonds is 4. The Morgan fingerprint density at radius 2 is 2.11 bits per heavy atom. The lowest BCUT2D eigenvalue weighted by molar-refractivity contribution is -0.125. The van der Waals surface area contributed by atoms with E-state index in [1.165, 1.54) is 7.11 Å². The summed E-state index contributed by atoms with van der Waals surface area (Å²) >= 11 is 5.00. The van der Waals surface area contributed by atoms with E-state index >= 15 is 0 Å². The number of ether oxygens (including phenoxy) is 2. The van der Waals surface area contributed by atoms with Crippen molar-refractivity contribution < 1.29 is 14.3 Å². The van der Waals surface area contributed by atoms with Crippen LogP contribution in [0.4, 0.5) is 5.69 Å². The number of methoxy groups -OCH3 is 2. The van der Waals surface area contributed by atoms with Gasteiger partial charge in [-0.3, -0.25) is 15.6 Å². The smallest absolute Gasteiger partial charge is 0.264 e. The van der Waals surface area contributed by atoms with Crippen LogP contribution in [0.1, 0.15) is 0 Å². The minimum Gasteiger partial charge on any atom is -0.497 e. The maximum absolute atomic E-state index is 11.1. The van der Waals surface area contributed by atoms with E-state index in [9.17, 15) is 4.79 Å². The van der Waals surface area contributed by atoms with E-state index in [-0.39, 0.29) is 17.6 Å². The molecular weight excluding hydrogens is 254 g/mol. The van der Waals surface area contributed by atoms with Gasteiger partial charge < -0.3 is 14.8 Å². The van der Waals surface area contributed by atoms with Gasteiger partial charge in [0.05, 0.1) is 7.11 Å². The van der Waals surface area contributed by atoms with Gasteiger partial charge in [0.15, 0.2) is 5.11 Å². The van der Waals surface area contributed by atoms with Crippen molar-refractivity contribution in [3.63, 3.8) is 0 Å². The van der Waals surface area contributed by atoms with Crippen LogP contribution in [0.3, 0.4) is 0 Å². The third kappa shape index (κ3) is 4.98. The van der Waals surface area contributed by atoms with E-state index in [1.54, 1.807) is 13.2 Å². The van der Waals surface area contributed by atoms with Gasteiger partial charge in [-0.05, 0) is 24.4 Å². The van der Waals surface area contributed by atoms with Gasteiger partial charge in [-0.25, -0.2) is 0 Å². The summed E-state index contributed by atoms with van der Waals surface area (Å²) in [6.45, 7) is -0.0330. The van der Waals surface area contributed by atoms with E-state index in [4.69, 9.17) is 17.0 Å². The quantitative estimate of drug-likeness (QED) is 0.551. The second kappa shape index (κ2) is 7.46. The molecule has 0 radical (unpaired) electrons. The number of hydrogen-bond acceptors (Lipinski definition) is 4. The largest absolute Gasteiger partial charge is 0.497 e. The summed E-state index contributed by atoms with van der Waals surface area (Å²) in [4.78, 5) is 11.1. The fraction of sp³-hybridized carbons (Fsp3) is 0.273. The van der Waals surface area contributed by atoms with Gasteiger partial charge >= 0.3 is 0 Å². The topological polar surface area (TPSA) is 71.6 Å². The summed E-state index contributed by atoms with van der Waals surface area (Å²) in [7, 11) is 3.02. The highest BCUT2D eigenvalue weighted by Gasteiger charge is 2.01. The van der Waals surface area contributed by atoms with Crippen LogP contribution in [-0.4, -0.2) is 31.8 Å². The molecule has 18 heavy (non-hydrogen) atoms. The Hall–Kier alpha value is -1.86. The highest BCUT2D eigenvalue weighted by molar-refractivity contribution is 7.80. The van der Waals surface area contributed by atoms with Gasteiger partial charge in [0.2, 0.25) is 0 Å². The van der Waals surface area contributed by atoms with Gasteiger partial charge in [0.25, 0.3) is 5.91 Å². The molecule has 0 saturated heterocycles. The fourth-order valence-corrected chi connectivity index (χ4v) is 1.33. The molecule has 1 amide bonds. The zero-order chi connectivity index (χ0) is 13.4. The highest BCUT2D eigenvalue weighted by Crippen LogP contribution is 2.16. The predicted octanol–water partition coefficient (Wildman–Crippen LogP) is 0.659. The van der Waals surface area contributed by atoms with Gasteiger partial charge in [-0.1, -0.05) is 6.07 Å². The second-order valence-corrected chi connectivity index (χ2v) is 3.70. The third-order valence-electron chi connectivity index (χ3n) is 1.92. The zero-order valence-electron chi connectivity index (χ0n) is 10.1. The molecule has 3 N–H and O–H groups in total. The Balaban J connectivity index is 2.42. The van der Waals surface area contributed by atoms with Crippen molar-refractivity contribution in [1.82, 2.24) is 10.9 Å². The van der Waals surface area contributed by atoms with Crippen molar-refractivity contribution in [2.75, 3.05) is 26.1 Å². The summed E-state index contributed by atoms with van der Waals surface area (Å²) in [5.41, 5.74) is 5.69. The molecule has 0 saturated carbocycles. The molecule has 1 rings (SSSR count). The first-order valence-corrected chi connectivity index (χ1v) is 5.55. The Morgan fingerprint density at radius 1 is 1.33 bits per heavy atom. The first kappa shape index (κ1) is 14.2. The summed E-state index contributed by atoms with van der Waals surface area (Å²) in [6, 6.07) is 7.26. The maximum Gasteiger partial charge on any atom is 0.264 e. The SMILES string of the molecule is COCC(=O)NNC(=S)Nc1cccc(OC)c1. The van der Waals surface area contributed by atoms with E-state index in [1.807, 2.05) is 18.2 Å². The summed E-state index contributed by atoms with van der Waals surface area (Å²) in [5, 5.41) is 3.17. The number of carbonyl (C=O) groups is 1. The molecule has 0 aliphatic heterocycles. The van der Waals surface area contributed by atoms with Gasteiger partial charge in [-0.2, -0.15) is 0 Å². The third-order valence-corrected chi connectivity index (χ3v) is 2.12. The molecule has 7 heteroatoms. The lowest BCUT2D eigenvalue weighted by atomic mass is 10.3. The van der Waals surface area contributed by atoms with E-state index in [2.05, 4.69) is 20.9 Å². The lowest BCUT2D eigenvalue weighted by Crippen LogP contribution is -2.45. The molecule has 1 aromatic rings. The van der Waals surface area contributed by atoms with Crippen molar-refractivity contribution in [2.24, 2.45) is 0 Å². The maximum atomic E-state index is 11.1. The number of anilines is 1. The lowest BCUT2D eigenvalue weighted by Gasteiger charge is -2.11. The molecule has 0 atom stereocenters. The Morgan fingerprint density at radius 3 is 2.78 bits per heavy atom. The van der Waals surface area contributed by atoms with Crippen LogP contribution in [0.15, 0.2) is 24.3 Å². The molecule has 98 valence electrons. The summed E-state index contributed by atoms with van der Waals surface area (Å²) < 4.78 is 9.73. The predicted molar refractivity (Wildman–Crippen MR) is 72.4 cm³/mol. The standard InChI is InChI=1S/C11H15N3O3S/c1-16-7-10(15)13-14-11(18)12-8-4-3-5-9(6-8)17-2/h3-6H,7H2,1-2H3,(H,13,15)(H2,12,14,18). The molecule has 6 nitrogen and oxygen atoms in total. The number of hydrogen-bond donors (Lipinski definition) is 3. The van der Waals surface area contributed by atoms with E-state index in [0.717, 1.165) is 5.69 Å². The Labute approximate surface area is 111 Å². The number of benzene rings is 1. The van der Waals surface area contributed by atoms with Crippen LogP contribution in [-0.2, 0) is 9.53 Å². The number of thiocarbonyl (C=S) groups is 1. The molecule has 0 aliphatic carbocycles. The molecule has 0 unspecified atom stereocenters. The normalized spacial score (nSPS) is 9.44. The van der Waals surface area contributed by atoms with Crippen LogP contribution in [0.2, 0.25) is 0 Å². The zero-order valence-corrected chi connectivity index (χ0v) is 11.0. The molecule has 0 fully saturated rings. The monoisotopic (exact) mass is 269 g/mol. The van der Waals surface area contributed by atoms with Crippen LogP contribution < -0.4 is 20.9 Å². The molecule has 0 aliphatic rings. The summed E-state index contributed by atoms with van der Waals surface area (Å²) in [5.74, 6) is 0.401.